The van der Waals surface area contributed by atoms with Crippen molar-refractivity contribution in [3.05, 3.63) is 89.0 Å². The summed E-state index contributed by atoms with van der Waals surface area (Å²) in [4.78, 5) is 12.6. The first kappa shape index (κ1) is 24.1. The molecule has 0 saturated carbocycles. The molecule has 0 saturated heterocycles. The van der Waals surface area contributed by atoms with Crippen molar-refractivity contribution in [1.29, 1.82) is 0 Å². The maximum absolute atomic E-state index is 6.32. The van der Waals surface area contributed by atoms with E-state index in [1.165, 1.54) is 5.69 Å². The molecule has 2 aromatic heterocycles. The maximum Gasteiger partial charge on any atom is 0.138 e. The predicted molar refractivity (Wildman–Crippen MR) is 143 cm³/mol. The van der Waals surface area contributed by atoms with E-state index in [0.717, 1.165) is 69.9 Å². The van der Waals surface area contributed by atoms with Crippen molar-refractivity contribution in [2.45, 2.75) is 39.8 Å². The van der Waals surface area contributed by atoms with E-state index < -0.39 is 0 Å². The fraction of sp³-hybridized carbons (Fsp3) is 0.321. The Kier molecular flexibility index (Phi) is 7.76. The summed E-state index contributed by atoms with van der Waals surface area (Å²) < 4.78 is 5.27. The van der Waals surface area contributed by atoms with Crippen molar-refractivity contribution in [2.24, 2.45) is 0 Å². The third-order valence-electron chi connectivity index (χ3n) is 5.99. The lowest BCUT2D eigenvalue weighted by Gasteiger charge is -2.25. The number of nitrogens with zero attached hydrogens (tertiary/aromatic N) is 3. The topological polar surface area (TPSA) is 44.4 Å². The van der Waals surface area contributed by atoms with Gasteiger partial charge < -0.3 is 19.5 Å². The predicted octanol–water partition coefficient (Wildman–Crippen LogP) is 6.92. The Morgan fingerprint density at radius 3 is 2.59 bits per heavy atom. The second-order valence-corrected chi connectivity index (χ2v) is 9.15. The molecule has 1 aliphatic heterocycles. The molecule has 4 rings (SSSR count). The van der Waals surface area contributed by atoms with Gasteiger partial charge in [0, 0.05) is 60.8 Å². The van der Waals surface area contributed by atoms with Gasteiger partial charge in [-0.25, -0.2) is 4.98 Å². The average molecular weight is 477 g/mol. The van der Waals surface area contributed by atoms with Crippen molar-refractivity contribution in [3.63, 3.8) is 0 Å². The van der Waals surface area contributed by atoms with Crippen LogP contribution in [0.4, 0.5) is 5.69 Å². The fourth-order valence-electron chi connectivity index (χ4n) is 4.47. The molecule has 0 amide bonds. The van der Waals surface area contributed by atoms with Crippen LogP contribution in [0.25, 0.3) is 16.6 Å². The van der Waals surface area contributed by atoms with Gasteiger partial charge in [-0.05, 0) is 59.9 Å². The number of fused-ring (bicyclic) bond motifs is 1. The first-order valence-electron chi connectivity index (χ1n) is 11.9. The van der Waals surface area contributed by atoms with Crippen LogP contribution in [0.15, 0.2) is 67.3 Å². The minimum atomic E-state index is 0.541. The van der Waals surface area contributed by atoms with Crippen LogP contribution in [-0.2, 0) is 17.9 Å². The highest BCUT2D eigenvalue weighted by atomic mass is 35.5. The summed E-state index contributed by atoms with van der Waals surface area (Å²) in [6, 6.07) is 8.31. The number of hydrogen-bond donors (Lipinski definition) is 1. The van der Waals surface area contributed by atoms with Crippen LogP contribution in [0.3, 0.4) is 0 Å². The van der Waals surface area contributed by atoms with Gasteiger partial charge >= 0.3 is 0 Å². The van der Waals surface area contributed by atoms with E-state index in [1.54, 1.807) is 7.11 Å². The molecule has 0 atom stereocenters. The van der Waals surface area contributed by atoms with Crippen LogP contribution in [-0.4, -0.2) is 35.1 Å². The Morgan fingerprint density at radius 1 is 1.12 bits per heavy atom. The number of aromatic amines is 1. The van der Waals surface area contributed by atoms with Crippen molar-refractivity contribution < 1.29 is 4.74 Å². The number of benzene rings is 1. The van der Waals surface area contributed by atoms with Crippen LogP contribution in [0.5, 0.6) is 0 Å². The van der Waals surface area contributed by atoms with Crippen LogP contribution in [0.1, 0.15) is 43.4 Å². The molecular formula is C28H33ClN4O. The van der Waals surface area contributed by atoms with Crippen molar-refractivity contribution in [3.8, 4) is 0 Å². The summed E-state index contributed by atoms with van der Waals surface area (Å²) in [5.74, 6) is 0. The summed E-state index contributed by atoms with van der Waals surface area (Å²) in [7, 11) is 1.69. The number of H-pyrrole nitrogens is 1. The number of allylic oxidation sites excluding steroid dienone is 3. The third kappa shape index (κ3) is 5.37. The Morgan fingerprint density at radius 2 is 1.88 bits per heavy atom. The zero-order chi connectivity index (χ0) is 24.1. The molecule has 1 N–H and O–H groups in total. The number of ether oxygens (including phenoxy) is 1. The molecule has 0 bridgehead atoms. The zero-order valence-electron chi connectivity index (χ0n) is 20.3. The van der Waals surface area contributed by atoms with Crippen LogP contribution in [0, 0.1) is 0 Å². The molecule has 6 heteroatoms. The fourth-order valence-corrected chi connectivity index (χ4v) is 4.75. The quantitative estimate of drug-likeness (QED) is 0.345. The number of aromatic nitrogens is 2. The van der Waals surface area contributed by atoms with Gasteiger partial charge in [-0.15, -0.1) is 0 Å². The first-order chi connectivity index (χ1) is 16.5. The highest BCUT2D eigenvalue weighted by Crippen LogP contribution is 2.32. The summed E-state index contributed by atoms with van der Waals surface area (Å²) in [5, 5.41) is 1.85. The smallest absolute Gasteiger partial charge is 0.138 e. The molecule has 0 fully saturated rings. The second kappa shape index (κ2) is 10.9. The Balaban J connectivity index is 1.57. The van der Waals surface area contributed by atoms with Gasteiger partial charge in [0.2, 0.25) is 0 Å². The number of rotatable bonds is 10. The normalized spacial score (nSPS) is 13.6. The van der Waals surface area contributed by atoms with Gasteiger partial charge in [0.1, 0.15) is 5.65 Å². The Bertz CT molecular complexity index is 1220. The van der Waals surface area contributed by atoms with E-state index in [4.69, 9.17) is 21.3 Å². The number of anilines is 1. The van der Waals surface area contributed by atoms with Crippen molar-refractivity contribution in [2.75, 3.05) is 25.1 Å². The zero-order valence-corrected chi connectivity index (χ0v) is 21.0. The lowest BCUT2D eigenvalue weighted by atomic mass is 10.0. The maximum atomic E-state index is 6.32. The summed E-state index contributed by atoms with van der Waals surface area (Å²) >= 11 is 6.32. The van der Waals surface area contributed by atoms with E-state index in [9.17, 15) is 0 Å². The second-order valence-electron chi connectivity index (χ2n) is 8.71. The van der Waals surface area contributed by atoms with Gasteiger partial charge in [0.05, 0.1) is 18.5 Å². The lowest BCUT2D eigenvalue weighted by Crippen LogP contribution is -2.24. The molecular weight excluding hydrogens is 444 g/mol. The lowest BCUT2D eigenvalue weighted by molar-refractivity contribution is 0.185. The molecule has 178 valence electrons. The highest BCUT2D eigenvalue weighted by molar-refractivity contribution is 6.30. The number of methoxy groups -OCH3 is 1. The van der Waals surface area contributed by atoms with Crippen molar-refractivity contribution >= 4 is 33.9 Å². The van der Waals surface area contributed by atoms with Gasteiger partial charge in [0.25, 0.3) is 0 Å². The molecule has 1 aliphatic rings. The minimum absolute atomic E-state index is 0.541. The van der Waals surface area contributed by atoms with Gasteiger partial charge in [-0.3, -0.25) is 0 Å². The van der Waals surface area contributed by atoms with Gasteiger partial charge in [-0.1, -0.05) is 38.1 Å². The molecule has 34 heavy (non-hydrogen) atoms. The van der Waals surface area contributed by atoms with E-state index in [-0.39, 0.29) is 0 Å². The molecule has 0 spiro atoms. The largest absolute Gasteiger partial charge is 0.380 e. The number of nitrogens with one attached hydrogen (secondary N) is 1. The molecule has 0 radical (unpaired) electrons. The molecule has 3 heterocycles. The highest BCUT2D eigenvalue weighted by Gasteiger charge is 2.16. The Labute approximate surface area is 207 Å². The summed E-state index contributed by atoms with van der Waals surface area (Å²) in [6.07, 6.45) is 12.6. The van der Waals surface area contributed by atoms with E-state index in [1.807, 2.05) is 24.5 Å². The van der Waals surface area contributed by atoms with Crippen molar-refractivity contribution in [1.82, 2.24) is 14.9 Å². The van der Waals surface area contributed by atoms with Crippen LogP contribution in [0.2, 0.25) is 5.02 Å². The SMILES string of the molecule is C=C1C=C(c2c[nH]c3ncc(N(CCC)CCC)cc23)C=CN1Cc1cc(Cl)cc(COC)c1. The molecule has 1 aromatic carbocycles. The number of pyridine rings is 1. The summed E-state index contributed by atoms with van der Waals surface area (Å²) in [5.41, 5.74) is 7.45. The van der Waals surface area contributed by atoms with Crippen LogP contribution >= 0.6 is 11.6 Å². The van der Waals surface area contributed by atoms with Crippen LogP contribution < -0.4 is 4.90 Å². The van der Waals surface area contributed by atoms with Gasteiger partial charge in [0.15, 0.2) is 0 Å². The molecule has 0 unspecified atom stereocenters. The molecule has 3 aromatic rings. The average Bonchev–Trinajstić information content (AvgIpc) is 3.23. The van der Waals surface area contributed by atoms with E-state index >= 15 is 0 Å². The molecule has 0 aliphatic carbocycles. The Hall–Kier alpha value is -3.02. The number of halogens is 1. The minimum Gasteiger partial charge on any atom is -0.380 e. The standard InChI is InChI=1S/C28H33ClN4O/c1-5-8-32(9-6-2)25-15-26-27(17-31-28(26)30-16-25)23-7-10-33(20(3)11-23)18-21-12-22(19-34-4)14-24(29)13-21/h7,10-17H,3,5-6,8-9,18-19H2,1-2,4H3,(H,30,31). The number of hydrogen-bond acceptors (Lipinski definition) is 4. The van der Waals surface area contributed by atoms with Gasteiger partial charge in [-0.2, -0.15) is 0 Å². The van der Waals surface area contributed by atoms with E-state index in [2.05, 4.69) is 65.7 Å². The third-order valence-corrected chi connectivity index (χ3v) is 6.20. The monoisotopic (exact) mass is 476 g/mol. The van der Waals surface area contributed by atoms with E-state index in [0.29, 0.717) is 13.2 Å². The summed E-state index contributed by atoms with van der Waals surface area (Å²) in [6.45, 7) is 12.0. The first-order valence-corrected chi connectivity index (χ1v) is 12.2. The molecule has 5 nitrogen and oxygen atoms in total.